The van der Waals surface area contributed by atoms with Crippen LogP contribution in [0.3, 0.4) is 0 Å². The van der Waals surface area contributed by atoms with Crippen LogP contribution in [0.25, 0.3) is 0 Å². The van der Waals surface area contributed by atoms with Crippen molar-refractivity contribution in [2.75, 3.05) is 0 Å². The van der Waals surface area contributed by atoms with Gasteiger partial charge in [-0.15, -0.1) is 0 Å². The maximum absolute atomic E-state index is 9.71. The molecule has 0 aromatic rings. The fourth-order valence-electron chi connectivity index (χ4n) is 8.34. The second-order valence-electron chi connectivity index (χ2n) is 9.93. The van der Waals surface area contributed by atoms with Crippen molar-refractivity contribution >= 4 is 0 Å². The Bertz CT molecular complexity index is 505. The van der Waals surface area contributed by atoms with E-state index in [1.807, 2.05) is 0 Å². The second kappa shape index (κ2) is 5.50. The molecule has 4 aliphatic rings. The normalized spacial score (nSPS) is 55.4. The summed E-state index contributed by atoms with van der Waals surface area (Å²) in [4.78, 5) is 0. The van der Waals surface area contributed by atoms with Gasteiger partial charge in [-0.05, 0) is 85.4 Å². The average molecular weight is 314 g/mol. The van der Waals surface area contributed by atoms with Gasteiger partial charge in [0.25, 0.3) is 0 Å². The van der Waals surface area contributed by atoms with Crippen molar-refractivity contribution in [3.8, 4) is 6.07 Å². The minimum absolute atomic E-state index is 0.339. The van der Waals surface area contributed by atoms with Crippen LogP contribution < -0.4 is 0 Å². The number of fused-ring (bicyclic) bond motifs is 5. The summed E-state index contributed by atoms with van der Waals surface area (Å²) in [6.45, 7) is 7.55. The van der Waals surface area contributed by atoms with Crippen molar-refractivity contribution < 1.29 is 0 Å². The van der Waals surface area contributed by atoms with Crippen LogP contribution in [0.2, 0.25) is 0 Å². The van der Waals surface area contributed by atoms with Crippen LogP contribution in [0.5, 0.6) is 0 Å². The molecule has 128 valence electrons. The van der Waals surface area contributed by atoms with Crippen LogP contribution in [-0.2, 0) is 0 Å². The molecular formula is C22H35N. The van der Waals surface area contributed by atoms with Gasteiger partial charge in [0.1, 0.15) is 0 Å². The van der Waals surface area contributed by atoms with Crippen molar-refractivity contribution in [3.05, 3.63) is 0 Å². The van der Waals surface area contributed by atoms with E-state index in [4.69, 9.17) is 0 Å². The van der Waals surface area contributed by atoms with Crippen LogP contribution in [0, 0.1) is 57.7 Å². The monoisotopic (exact) mass is 313 g/mol. The molecule has 8 atom stereocenters. The molecule has 0 bridgehead atoms. The van der Waals surface area contributed by atoms with Crippen molar-refractivity contribution in [1.29, 1.82) is 5.26 Å². The zero-order valence-corrected chi connectivity index (χ0v) is 15.5. The second-order valence-corrected chi connectivity index (χ2v) is 9.93. The Morgan fingerprint density at radius 1 is 0.957 bits per heavy atom. The summed E-state index contributed by atoms with van der Waals surface area (Å²) in [6.07, 6.45) is 14.2. The molecule has 0 amide bonds. The van der Waals surface area contributed by atoms with E-state index in [1.54, 1.807) is 0 Å². The minimum atomic E-state index is 0.339. The molecule has 0 aromatic carbocycles. The fraction of sp³-hybridized carbons (Fsp3) is 0.955. The SMILES string of the molecule is CC[C@H]1C(C#N)C[C@H]2[C@@H]3CCC4CCCC[C@]4(C)[C@H]3CC[C@]12C. The van der Waals surface area contributed by atoms with E-state index in [0.29, 0.717) is 22.7 Å². The number of rotatable bonds is 1. The number of hydrogen-bond acceptors (Lipinski definition) is 1. The van der Waals surface area contributed by atoms with Crippen LogP contribution in [-0.4, -0.2) is 0 Å². The summed E-state index contributed by atoms with van der Waals surface area (Å²) in [5.74, 6) is 4.75. The average Bonchev–Trinajstić information content (AvgIpc) is 2.85. The molecule has 1 nitrogen and oxygen atoms in total. The molecule has 1 heteroatoms. The highest BCUT2D eigenvalue weighted by Gasteiger charge is 2.61. The summed E-state index contributed by atoms with van der Waals surface area (Å²) < 4.78 is 0. The Morgan fingerprint density at radius 2 is 1.78 bits per heavy atom. The molecule has 4 saturated carbocycles. The maximum atomic E-state index is 9.71. The number of nitriles is 1. The fourth-order valence-corrected chi connectivity index (χ4v) is 8.34. The molecule has 0 spiro atoms. The predicted octanol–water partition coefficient (Wildman–Crippen LogP) is 6.20. The Morgan fingerprint density at radius 3 is 2.52 bits per heavy atom. The highest BCUT2D eigenvalue weighted by atomic mass is 14.7. The Hall–Kier alpha value is -0.510. The van der Waals surface area contributed by atoms with Crippen LogP contribution >= 0.6 is 0 Å². The van der Waals surface area contributed by atoms with Crippen molar-refractivity contribution in [2.24, 2.45) is 46.3 Å². The van der Waals surface area contributed by atoms with Crippen LogP contribution in [0.15, 0.2) is 0 Å². The first-order valence-corrected chi connectivity index (χ1v) is 10.4. The Kier molecular flexibility index (Phi) is 3.82. The molecule has 0 radical (unpaired) electrons. The van der Waals surface area contributed by atoms with Gasteiger partial charge < -0.3 is 0 Å². The third-order valence-corrected chi connectivity index (χ3v) is 9.47. The van der Waals surface area contributed by atoms with Gasteiger partial charge in [-0.2, -0.15) is 5.26 Å². The zero-order valence-electron chi connectivity index (χ0n) is 15.5. The zero-order chi connectivity index (χ0) is 16.2. The van der Waals surface area contributed by atoms with Crippen LogP contribution in [0.4, 0.5) is 0 Å². The lowest BCUT2D eigenvalue weighted by molar-refractivity contribution is -0.111. The highest BCUT2D eigenvalue weighted by Crippen LogP contribution is 2.68. The van der Waals surface area contributed by atoms with Gasteiger partial charge in [-0.3, -0.25) is 0 Å². The Labute approximate surface area is 143 Å². The molecule has 0 saturated heterocycles. The molecule has 0 aromatic heterocycles. The molecular weight excluding hydrogens is 278 g/mol. The number of nitrogens with zero attached hydrogens (tertiary/aromatic N) is 1. The minimum Gasteiger partial charge on any atom is -0.198 e. The lowest BCUT2D eigenvalue weighted by Gasteiger charge is -2.60. The summed E-state index contributed by atoms with van der Waals surface area (Å²) in [5, 5.41) is 9.71. The number of hydrogen-bond donors (Lipinski definition) is 0. The van der Waals surface area contributed by atoms with E-state index >= 15 is 0 Å². The van der Waals surface area contributed by atoms with E-state index in [0.717, 1.165) is 23.7 Å². The maximum Gasteiger partial charge on any atom is 0.0659 e. The summed E-state index contributed by atoms with van der Waals surface area (Å²) >= 11 is 0. The molecule has 0 heterocycles. The highest BCUT2D eigenvalue weighted by molar-refractivity contribution is 5.13. The lowest BCUT2D eigenvalue weighted by Crippen LogP contribution is -2.52. The van der Waals surface area contributed by atoms with Gasteiger partial charge >= 0.3 is 0 Å². The smallest absolute Gasteiger partial charge is 0.0659 e. The van der Waals surface area contributed by atoms with Crippen molar-refractivity contribution in [3.63, 3.8) is 0 Å². The quantitative estimate of drug-likeness (QED) is 0.565. The first kappa shape index (κ1) is 16.0. The lowest BCUT2D eigenvalue weighted by atomic mass is 9.45. The predicted molar refractivity (Wildman–Crippen MR) is 94.6 cm³/mol. The van der Waals surface area contributed by atoms with Gasteiger partial charge in [0.2, 0.25) is 0 Å². The van der Waals surface area contributed by atoms with E-state index < -0.39 is 0 Å². The molecule has 0 N–H and O–H groups in total. The van der Waals surface area contributed by atoms with E-state index in [9.17, 15) is 5.26 Å². The van der Waals surface area contributed by atoms with Gasteiger partial charge in [0.05, 0.1) is 6.07 Å². The van der Waals surface area contributed by atoms with Gasteiger partial charge in [-0.1, -0.05) is 40.0 Å². The Balaban J connectivity index is 1.65. The largest absolute Gasteiger partial charge is 0.198 e. The van der Waals surface area contributed by atoms with E-state index in [1.165, 1.54) is 64.2 Å². The van der Waals surface area contributed by atoms with E-state index in [-0.39, 0.29) is 0 Å². The molecule has 4 aliphatic carbocycles. The molecule has 4 fully saturated rings. The topological polar surface area (TPSA) is 23.8 Å². The van der Waals surface area contributed by atoms with Crippen molar-refractivity contribution in [1.82, 2.24) is 0 Å². The third-order valence-electron chi connectivity index (χ3n) is 9.47. The summed E-state index contributed by atoms with van der Waals surface area (Å²) in [5.41, 5.74) is 1.10. The molecule has 2 unspecified atom stereocenters. The summed E-state index contributed by atoms with van der Waals surface area (Å²) in [7, 11) is 0. The molecule has 23 heavy (non-hydrogen) atoms. The third kappa shape index (κ3) is 2.09. The first-order valence-electron chi connectivity index (χ1n) is 10.4. The first-order chi connectivity index (χ1) is 11.0. The van der Waals surface area contributed by atoms with Crippen molar-refractivity contribution in [2.45, 2.75) is 85.0 Å². The van der Waals surface area contributed by atoms with Crippen LogP contribution in [0.1, 0.15) is 85.0 Å². The van der Waals surface area contributed by atoms with Gasteiger partial charge in [0, 0.05) is 5.92 Å². The van der Waals surface area contributed by atoms with E-state index in [2.05, 4.69) is 26.8 Å². The standard InChI is InChI=1S/C22H35N/c1-4-18-15(14-23)13-20-17-9-8-16-7-5-6-11-21(16,2)19(17)10-12-22(18,20)3/h15-20H,4-13H2,1-3H3/t15?,16?,17-,18+,19+,20+,21+,22-/m1/s1. The van der Waals surface area contributed by atoms with Gasteiger partial charge in [-0.25, -0.2) is 0 Å². The van der Waals surface area contributed by atoms with Gasteiger partial charge in [0.15, 0.2) is 0 Å². The summed E-state index contributed by atoms with van der Waals surface area (Å²) in [6, 6.07) is 2.71. The molecule has 0 aliphatic heterocycles. The molecule has 4 rings (SSSR count).